The number of rotatable bonds is 4. The number of benzene rings is 1. The van der Waals surface area contributed by atoms with Gasteiger partial charge in [0.15, 0.2) is 11.3 Å². The number of nitrogens with one attached hydrogen (secondary N) is 1. The maximum Gasteiger partial charge on any atom is 0.266 e. The van der Waals surface area contributed by atoms with Crippen LogP contribution >= 0.6 is 11.8 Å². The molecule has 0 radical (unpaired) electrons. The van der Waals surface area contributed by atoms with Crippen molar-refractivity contribution in [2.75, 3.05) is 12.3 Å². The summed E-state index contributed by atoms with van der Waals surface area (Å²) in [5, 5.41) is 3.52. The number of amides is 1. The molecule has 0 bridgehead atoms. The van der Waals surface area contributed by atoms with Crippen LogP contribution in [0, 0.1) is 6.92 Å². The first kappa shape index (κ1) is 13.9. The highest BCUT2D eigenvalue weighted by atomic mass is 32.2. The van der Waals surface area contributed by atoms with Gasteiger partial charge in [-0.25, -0.2) is 0 Å². The van der Waals surface area contributed by atoms with Crippen LogP contribution in [0.3, 0.4) is 0 Å². The summed E-state index contributed by atoms with van der Waals surface area (Å²) in [6.07, 6.45) is 0.142. The van der Waals surface area contributed by atoms with Crippen molar-refractivity contribution in [2.45, 2.75) is 26.4 Å². The predicted octanol–water partition coefficient (Wildman–Crippen LogP) is 2.37. The smallest absolute Gasteiger partial charge is 0.266 e. The fraction of sp³-hybridized carbons (Fsp3) is 0.429. The summed E-state index contributed by atoms with van der Waals surface area (Å²) < 4.78 is 5.74. The second-order valence-electron chi connectivity index (χ2n) is 4.36. The Morgan fingerprint density at radius 1 is 1.58 bits per heavy atom. The van der Waals surface area contributed by atoms with Gasteiger partial charge < -0.3 is 10.1 Å². The lowest BCUT2D eigenvalue weighted by Gasteiger charge is -2.17. The Hall–Kier alpha value is -1.49. The molecule has 1 atom stereocenters. The van der Waals surface area contributed by atoms with E-state index in [9.17, 15) is 4.79 Å². The zero-order valence-corrected chi connectivity index (χ0v) is 12.0. The summed E-state index contributed by atoms with van der Waals surface area (Å²) in [6, 6.07) is 7.71. The predicted molar refractivity (Wildman–Crippen MR) is 78.8 cm³/mol. The second-order valence-corrected chi connectivity index (χ2v) is 5.44. The Balaban J connectivity index is 1.97. The molecule has 0 aliphatic carbocycles. The summed E-state index contributed by atoms with van der Waals surface area (Å²) in [4.78, 5) is 16.3. The fourth-order valence-corrected chi connectivity index (χ4v) is 2.50. The standard InChI is InChI=1S/C14H18N2O2S/c1-3-12(13(17)16-14-15-7-8-19-14)18-11-6-4-5-10(2)9-11/h4-6,9,12H,3,7-8H2,1-2H3,(H,15,16,17). The van der Waals surface area contributed by atoms with Crippen LogP contribution in [0.4, 0.5) is 0 Å². The molecule has 0 saturated heterocycles. The molecule has 0 aromatic heterocycles. The lowest BCUT2D eigenvalue weighted by molar-refractivity contribution is -0.126. The number of aliphatic imine (C=N–C) groups is 1. The number of carbonyl (C=O) groups excluding carboxylic acids is 1. The van der Waals surface area contributed by atoms with E-state index >= 15 is 0 Å². The van der Waals surface area contributed by atoms with Crippen molar-refractivity contribution < 1.29 is 9.53 Å². The number of thioether (sulfide) groups is 1. The third-order valence-corrected chi connectivity index (χ3v) is 3.64. The molecule has 4 nitrogen and oxygen atoms in total. The zero-order valence-electron chi connectivity index (χ0n) is 11.2. The molecular weight excluding hydrogens is 260 g/mol. The van der Waals surface area contributed by atoms with E-state index in [1.165, 1.54) is 0 Å². The summed E-state index contributed by atoms with van der Waals surface area (Å²) in [6.45, 7) is 4.71. The topological polar surface area (TPSA) is 50.7 Å². The number of carbonyl (C=O) groups is 1. The van der Waals surface area contributed by atoms with Gasteiger partial charge in [0.2, 0.25) is 0 Å². The van der Waals surface area contributed by atoms with Gasteiger partial charge in [-0.2, -0.15) is 0 Å². The molecule has 0 saturated carbocycles. The molecule has 1 aromatic carbocycles. The van der Waals surface area contributed by atoms with Gasteiger partial charge in [0.05, 0.1) is 6.54 Å². The van der Waals surface area contributed by atoms with Crippen LogP contribution in [0.1, 0.15) is 18.9 Å². The molecule has 0 spiro atoms. The third kappa shape index (κ3) is 3.99. The van der Waals surface area contributed by atoms with Gasteiger partial charge in [-0.3, -0.25) is 9.79 Å². The minimum absolute atomic E-state index is 0.128. The Kier molecular flexibility index (Phi) is 4.85. The molecule has 102 valence electrons. The monoisotopic (exact) mass is 278 g/mol. The van der Waals surface area contributed by atoms with Gasteiger partial charge in [-0.15, -0.1) is 0 Å². The van der Waals surface area contributed by atoms with Crippen LogP contribution in [0.2, 0.25) is 0 Å². The number of aryl methyl sites for hydroxylation is 1. The molecule has 1 unspecified atom stereocenters. The largest absolute Gasteiger partial charge is 0.481 e. The molecule has 1 aliphatic heterocycles. The highest BCUT2D eigenvalue weighted by Crippen LogP contribution is 2.16. The molecule has 1 N–H and O–H groups in total. The van der Waals surface area contributed by atoms with Crippen LogP contribution in [0.5, 0.6) is 5.75 Å². The van der Waals surface area contributed by atoms with Crippen molar-refractivity contribution in [2.24, 2.45) is 4.99 Å². The van der Waals surface area contributed by atoms with E-state index in [1.54, 1.807) is 11.8 Å². The Labute approximate surface area is 117 Å². The number of ether oxygens (including phenoxy) is 1. The van der Waals surface area contributed by atoms with Gasteiger partial charge in [-0.05, 0) is 31.0 Å². The maximum atomic E-state index is 12.1. The highest BCUT2D eigenvalue weighted by molar-refractivity contribution is 8.14. The van der Waals surface area contributed by atoms with Crippen molar-refractivity contribution in [3.63, 3.8) is 0 Å². The Morgan fingerprint density at radius 3 is 3.05 bits per heavy atom. The van der Waals surface area contributed by atoms with Crippen molar-refractivity contribution >= 4 is 22.8 Å². The van der Waals surface area contributed by atoms with Crippen molar-refractivity contribution in [1.29, 1.82) is 0 Å². The van der Waals surface area contributed by atoms with E-state index in [0.29, 0.717) is 11.6 Å². The van der Waals surface area contributed by atoms with Crippen molar-refractivity contribution in [3.8, 4) is 5.75 Å². The molecular formula is C14H18N2O2S. The van der Waals surface area contributed by atoms with Gasteiger partial charge in [0.1, 0.15) is 5.75 Å². The van der Waals surface area contributed by atoms with Crippen LogP contribution in [0.15, 0.2) is 29.3 Å². The summed E-state index contributed by atoms with van der Waals surface area (Å²) in [5.74, 6) is 1.53. The van der Waals surface area contributed by atoms with Crippen molar-refractivity contribution in [3.05, 3.63) is 29.8 Å². The Morgan fingerprint density at radius 2 is 2.42 bits per heavy atom. The normalized spacial score (nSPS) is 15.8. The van der Waals surface area contributed by atoms with E-state index < -0.39 is 6.10 Å². The fourth-order valence-electron chi connectivity index (χ4n) is 1.77. The first-order chi connectivity index (χ1) is 9.19. The number of hydrogen-bond acceptors (Lipinski definition) is 4. The highest BCUT2D eigenvalue weighted by Gasteiger charge is 2.21. The summed E-state index contributed by atoms with van der Waals surface area (Å²) in [5.41, 5.74) is 1.11. The van der Waals surface area contributed by atoms with E-state index in [1.807, 2.05) is 38.1 Å². The van der Waals surface area contributed by atoms with Crippen LogP contribution in [-0.4, -0.2) is 29.5 Å². The minimum atomic E-state index is -0.481. The van der Waals surface area contributed by atoms with Crippen LogP contribution in [-0.2, 0) is 4.79 Å². The average molecular weight is 278 g/mol. The Bertz CT molecular complexity index is 488. The van der Waals surface area contributed by atoms with Gasteiger partial charge in [-0.1, -0.05) is 30.8 Å². The molecule has 1 aliphatic rings. The van der Waals surface area contributed by atoms with Gasteiger partial charge >= 0.3 is 0 Å². The molecule has 0 fully saturated rings. The third-order valence-electron chi connectivity index (χ3n) is 2.75. The zero-order chi connectivity index (χ0) is 13.7. The lowest BCUT2D eigenvalue weighted by Crippen LogP contribution is -2.39. The molecule has 1 heterocycles. The molecule has 5 heteroatoms. The second kappa shape index (κ2) is 6.61. The van der Waals surface area contributed by atoms with Crippen LogP contribution in [0.25, 0.3) is 0 Å². The molecule has 19 heavy (non-hydrogen) atoms. The lowest BCUT2D eigenvalue weighted by atomic mass is 10.2. The average Bonchev–Trinajstić information content (AvgIpc) is 2.88. The van der Waals surface area contributed by atoms with Gasteiger partial charge in [0.25, 0.3) is 5.91 Å². The van der Waals surface area contributed by atoms with Crippen molar-refractivity contribution in [1.82, 2.24) is 5.32 Å². The number of nitrogens with zero attached hydrogens (tertiary/aromatic N) is 1. The summed E-state index contributed by atoms with van der Waals surface area (Å²) >= 11 is 1.57. The first-order valence-corrected chi connectivity index (χ1v) is 7.39. The van der Waals surface area contributed by atoms with E-state index in [0.717, 1.165) is 23.6 Å². The maximum absolute atomic E-state index is 12.1. The molecule has 1 amide bonds. The van der Waals surface area contributed by atoms with E-state index in [-0.39, 0.29) is 5.91 Å². The molecule has 2 rings (SSSR count). The van der Waals surface area contributed by atoms with Gasteiger partial charge in [0, 0.05) is 5.75 Å². The first-order valence-electron chi connectivity index (χ1n) is 6.40. The quantitative estimate of drug-likeness (QED) is 0.920. The SMILES string of the molecule is CCC(Oc1cccc(C)c1)C(=O)NC1=NCCS1. The molecule has 1 aromatic rings. The van der Waals surface area contributed by atoms with E-state index in [2.05, 4.69) is 10.3 Å². The number of hydrogen-bond donors (Lipinski definition) is 1. The number of amidine groups is 1. The van der Waals surface area contributed by atoms with E-state index in [4.69, 9.17) is 4.74 Å². The van der Waals surface area contributed by atoms with Crippen LogP contribution < -0.4 is 10.1 Å². The minimum Gasteiger partial charge on any atom is -0.481 e. The summed E-state index contributed by atoms with van der Waals surface area (Å²) in [7, 11) is 0.